The second-order valence-corrected chi connectivity index (χ2v) is 12.3. The van der Waals surface area contributed by atoms with Gasteiger partial charge >= 0.3 is 0 Å². The van der Waals surface area contributed by atoms with Crippen LogP contribution in [-0.4, -0.2) is 45.2 Å². The summed E-state index contributed by atoms with van der Waals surface area (Å²) in [4.78, 5) is 12.7. The maximum absolute atomic E-state index is 14.2. The number of hydrogen-bond donors (Lipinski definition) is 0. The minimum atomic E-state index is -0.366. The Balaban J connectivity index is 1.06. The van der Waals surface area contributed by atoms with Crippen molar-refractivity contribution in [1.29, 1.82) is 0 Å². The number of aryl methyl sites for hydroxylation is 1. The van der Waals surface area contributed by atoms with Gasteiger partial charge in [0.15, 0.2) is 0 Å². The van der Waals surface area contributed by atoms with Gasteiger partial charge in [-0.15, -0.1) is 0 Å². The van der Waals surface area contributed by atoms with Crippen LogP contribution in [0.2, 0.25) is 5.02 Å². The van der Waals surface area contributed by atoms with Gasteiger partial charge in [0.25, 0.3) is 0 Å². The summed E-state index contributed by atoms with van der Waals surface area (Å²) in [6, 6.07) is 17.5. The van der Waals surface area contributed by atoms with Crippen LogP contribution in [-0.2, 0) is 17.9 Å². The van der Waals surface area contributed by atoms with Crippen LogP contribution >= 0.6 is 11.6 Å². The number of hydrogen-bond acceptors (Lipinski definition) is 5. The van der Waals surface area contributed by atoms with Gasteiger partial charge < -0.3 is 14.0 Å². The monoisotopic (exact) mass is 574 g/mol. The molecule has 2 aliphatic heterocycles. The van der Waals surface area contributed by atoms with Crippen LogP contribution in [0.15, 0.2) is 54.6 Å². The summed E-state index contributed by atoms with van der Waals surface area (Å²) < 4.78 is 28.4. The van der Waals surface area contributed by atoms with Crippen LogP contribution in [0.25, 0.3) is 11.0 Å². The molecule has 2 atom stereocenters. The third kappa shape index (κ3) is 5.72. The zero-order valence-electron chi connectivity index (χ0n) is 23.4. The highest BCUT2D eigenvalue weighted by Gasteiger charge is 2.41. The largest absolute Gasteiger partial charge is 0.473 e. The molecular weight excluding hydrogens is 539 g/mol. The number of ether oxygens (including phenoxy) is 2. The second kappa shape index (κ2) is 11.3. The van der Waals surface area contributed by atoms with Crippen molar-refractivity contribution in [3.05, 3.63) is 88.1 Å². The Morgan fingerprint density at radius 3 is 2.59 bits per heavy atom. The van der Waals surface area contributed by atoms with Crippen molar-refractivity contribution >= 4 is 22.6 Å². The molecule has 2 saturated heterocycles. The number of likely N-dealkylation sites (tertiary alicyclic amines) is 1. The SMILES string of the molecule is Cc1ccc2nc(C(C3CC3)N3CCC(c4cccc(OCc5ccc(Cl)cc5F)n4)CC3)n(CC3CCO3)c2c1. The fraction of sp³-hybridized carbons (Fsp3) is 0.455. The van der Waals surface area contributed by atoms with E-state index < -0.39 is 0 Å². The van der Waals surface area contributed by atoms with Crippen LogP contribution in [0.4, 0.5) is 4.39 Å². The van der Waals surface area contributed by atoms with Gasteiger partial charge in [-0.05, 0) is 93.9 Å². The first-order chi connectivity index (χ1) is 20.0. The lowest BCUT2D eigenvalue weighted by molar-refractivity contribution is -0.0596. The van der Waals surface area contributed by atoms with E-state index in [2.05, 4.69) is 40.7 Å². The molecule has 1 saturated carbocycles. The number of fused-ring (bicyclic) bond motifs is 1. The first-order valence-electron chi connectivity index (χ1n) is 14.9. The molecule has 3 aliphatic rings. The molecule has 0 bridgehead atoms. The molecule has 4 heterocycles. The van der Waals surface area contributed by atoms with Crippen molar-refractivity contribution in [3.8, 4) is 5.88 Å². The Kier molecular flexibility index (Phi) is 7.44. The van der Waals surface area contributed by atoms with E-state index in [0.717, 1.165) is 56.7 Å². The zero-order chi connectivity index (χ0) is 27.9. The van der Waals surface area contributed by atoms with Gasteiger partial charge in [-0.2, -0.15) is 0 Å². The minimum Gasteiger partial charge on any atom is -0.473 e. The maximum atomic E-state index is 14.2. The van der Waals surface area contributed by atoms with E-state index in [-0.39, 0.29) is 18.5 Å². The van der Waals surface area contributed by atoms with Crippen molar-refractivity contribution in [2.24, 2.45) is 5.92 Å². The summed E-state index contributed by atoms with van der Waals surface area (Å²) in [6.07, 6.45) is 6.01. The molecule has 4 aromatic rings. The quantitative estimate of drug-likeness (QED) is 0.211. The van der Waals surface area contributed by atoms with E-state index in [1.807, 2.05) is 12.1 Å². The summed E-state index contributed by atoms with van der Waals surface area (Å²) in [5.41, 5.74) is 5.10. The Labute approximate surface area is 245 Å². The maximum Gasteiger partial charge on any atom is 0.213 e. The van der Waals surface area contributed by atoms with E-state index in [0.29, 0.717) is 34.3 Å². The molecule has 1 aliphatic carbocycles. The van der Waals surface area contributed by atoms with Crippen LogP contribution in [0.1, 0.15) is 66.7 Å². The predicted octanol–water partition coefficient (Wildman–Crippen LogP) is 7.23. The Morgan fingerprint density at radius 2 is 1.85 bits per heavy atom. The third-order valence-corrected chi connectivity index (χ3v) is 9.16. The van der Waals surface area contributed by atoms with E-state index in [1.54, 1.807) is 12.1 Å². The summed E-state index contributed by atoms with van der Waals surface area (Å²) in [5.74, 6) is 2.40. The number of nitrogens with zero attached hydrogens (tertiary/aromatic N) is 4. The molecule has 6 nitrogen and oxygen atoms in total. The first kappa shape index (κ1) is 26.9. The molecule has 0 spiro atoms. The zero-order valence-corrected chi connectivity index (χ0v) is 24.2. The Morgan fingerprint density at radius 1 is 1.02 bits per heavy atom. The van der Waals surface area contributed by atoms with Crippen LogP contribution in [0.5, 0.6) is 5.88 Å². The van der Waals surface area contributed by atoms with Crippen LogP contribution < -0.4 is 4.74 Å². The van der Waals surface area contributed by atoms with E-state index >= 15 is 0 Å². The molecule has 3 fully saturated rings. The van der Waals surface area contributed by atoms with Crippen LogP contribution in [0.3, 0.4) is 0 Å². The molecule has 2 unspecified atom stereocenters. The highest BCUT2D eigenvalue weighted by atomic mass is 35.5. The molecule has 41 heavy (non-hydrogen) atoms. The van der Waals surface area contributed by atoms with Gasteiger partial charge in [0.05, 0.1) is 29.7 Å². The second-order valence-electron chi connectivity index (χ2n) is 11.9. The lowest BCUT2D eigenvalue weighted by Gasteiger charge is -2.38. The van der Waals surface area contributed by atoms with Gasteiger partial charge in [-0.1, -0.05) is 29.8 Å². The summed E-state index contributed by atoms with van der Waals surface area (Å²) >= 11 is 5.88. The number of imidazole rings is 1. The molecule has 0 radical (unpaired) electrons. The number of rotatable bonds is 9. The third-order valence-electron chi connectivity index (χ3n) is 8.92. The molecule has 214 valence electrons. The minimum absolute atomic E-state index is 0.118. The lowest BCUT2D eigenvalue weighted by Crippen LogP contribution is -2.39. The van der Waals surface area contributed by atoms with Gasteiger partial charge in [0.2, 0.25) is 5.88 Å². The molecule has 0 N–H and O–H groups in total. The standard InChI is InChI=1S/C33H36ClFN4O2/c1-21-5-10-29-30(17-21)39(19-26-13-16-40-26)33(37-29)32(23-6-7-23)38-14-11-22(12-15-38)28-3-2-4-31(36-28)41-20-24-8-9-25(34)18-27(24)35/h2-5,8-10,17-18,22-23,26,32H,6-7,11-16,19-20H2,1H3. The fourth-order valence-corrected chi connectivity index (χ4v) is 6.55. The van der Waals surface area contributed by atoms with Gasteiger partial charge in [0, 0.05) is 34.9 Å². The fourth-order valence-electron chi connectivity index (χ4n) is 6.39. The van der Waals surface area contributed by atoms with E-state index in [9.17, 15) is 4.39 Å². The van der Waals surface area contributed by atoms with Crippen molar-refractivity contribution in [2.75, 3.05) is 19.7 Å². The molecule has 7 rings (SSSR count). The highest BCUT2D eigenvalue weighted by molar-refractivity contribution is 6.30. The molecule has 8 heteroatoms. The lowest BCUT2D eigenvalue weighted by atomic mass is 9.91. The Hall–Kier alpha value is -3.00. The van der Waals surface area contributed by atoms with Crippen molar-refractivity contribution in [3.63, 3.8) is 0 Å². The first-order valence-corrected chi connectivity index (χ1v) is 15.3. The Bertz CT molecular complexity index is 1540. The smallest absolute Gasteiger partial charge is 0.213 e. The number of pyridine rings is 1. The number of aromatic nitrogens is 3. The number of piperidine rings is 1. The molecular formula is C33H36ClFN4O2. The van der Waals surface area contributed by atoms with E-state index in [4.69, 9.17) is 31.0 Å². The average Bonchev–Trinajstić information content (AvgIpc) is 3.72. The average molecular weight is 575 g/mol. The van der Waals surface area contributed by atoms with Gasteiger partial charge in [0.1, 0.15) is 18.2 Å². The highest BCUT2D eigenvalue weighted by Crippen LogP contribution is 2.47. The van der Waals surface area contributed by atoms with Crippen LogP contribution in [0, 0.1) is 18.7 Å². The van der Waals surface area contributed by atoms with Crippen molar-refractivity contribution in [1.82, 2.24) is 19.4 Å². The predicted molar refractivity (Wildman–Crippen MR) is 158 cm³/mol. The molecule has 2 aromatic carbocycles. The summed E-state index contributed by atoms with van der Waals surface area (Å²) in [5, 5.41) is 0.376. The normalized spacial score (nSPS) is 20.7. The summed E-state index contributed by atoms with van der Waals surface area (Å²) in [6.45, 7) is 6.04. The van der Waals surface area contributed by atoms with Crippen molar-refractivity contribution in [2.45, 2.75) is 70.2 Å². The van der Waals surface area contributed by atoms with Gasteiger partial charge in [-0.3, -0.25) is 4.90 Å². The van der Waals surface area contributed by atoms with E-state index in [1.165, 1.54) is 35.8 Å². The number of halogens is 2. The van der Waals surface area contributed by atoms with Crippen molar-refractivity contribution < 1.29 is 13.9 Å². The molecule has 2 aromatic heterocycles. The summed E-state index contributed by atoms with van der Waals surface area (Å²) in [7, 11) is 0. The number of benzene rings is 2. The van der Waals surface area contributed by atoms with Gasteiger partial charge in [-0.25, -0.2) is 14.4 Å². The molecule has 0 amide bonds. The topological polar surface area (TPSA) is 52.4 Å².